The van der Waals surface area contributed by atoms with Gasteiger partial charge in [0.2, 0.25) is 5.91 Å². The summed E-state index contributed by atoms with van der Waals surface area (Å²) in [6, 6.07) is 13.8. The quantitative estimate of drug-likeness (QED) is 0.237. The number of para-hydroxylation sites is 1. The van der Waals surface area contributed by atoms with Gasteiger partial charge in [0.15, 0.2) is 5.16 Å². The molecule has 0 N–H and O–H groups in total. The maximum Gasteiger partial charge on any atom is 0.272 e. The molecule has 2 aromatic carbocycles. The Bertz CT molecular complexity index is 1310. The Morgan fingerprint density at radius 3 is 2.73 bits per heavy atom. The SMILES string of the molecule is O=C(CSc1nc2c(c(=O)n1-c1ccc([N+](=O)[O-])cc1)SCC2)N1CCCc2ccccc21. The third-order valence-electron chi connectivity index (χ3n) is 5.72. The number of carbonyl (C=O) groups excluding carboxylic acids is 1. The molecule has 3 heterocycles. The van der Waals surface area contributed by atoms with E-state index in [0.717, 1.165) is 35.5 Å². The van der Waals surface area contributed by atoms with Gasteiger partial charge in [-0.2, -0.15) is 0 Å². The summed E-state index contributed by atoms with van der Waals surface area (Å²) in [6.45, 7) is 0.666. The number of nitro benzene ring substituents is 1. The average molecular weight is 481 g/mol. The van der Waals surface area contributed by atoms with Crippen LogP contribution in [0.4, 0.5) is 11.4 Å². The summed E-state index contributed by atoms with van der Waals surface area (Å²) in [6.07, 6.45) is 2.57. The lowest BCUT2D eigenvalue weighted by atomic mass is 10.0. The summed E-state index contributed by atoms with van der Waals surface area (Å²) in [5.41, 5.74) is 3.10. The Balaban J connectivity index is 1.46. The molecule has 2 aliphatic heterocycles. The zero-order valence-electron chi connectivity index (χ0n) is 17.6. The van der Waals surface area contributed by atoms with Crippen LogP contribution in [-0.2, 0) is 17.6 Å². The summed E-state index contributed by atoms with van der Waals surface area (Å²) < 4.78 is 1.46. The van der Waals surface area contributed by atoms with Gasteiger partial charge in [-0.1, -0.05) is 30.0 Å². The lowest BCUT2D eigenvalue weighted by Crippen LogP contribution is -2.36. The molecule has 0 unspecified atom stereocenters. The van der Waals surface area contributed by atoms with E-state index in [2.05, 4.69) is 0 Å². The number of carbonyl (C=O) groups is 1. The first-order chi connectivity index (χ1) is 16.0. The Morgan fingerprint density at radius 1 is 1.15 bits per heavy atom. The molecular weight excluding hydrogens is 460 g/mol. The number of anilines is 1. The lowest BCUT2D eigenvalue weighted by Gasteiger charge is -2.29. The van der Waals surface area contributed by atoms with Crippen LogP contribution in [0.3, 0.4) is 0 Å². The van der Waals surface area contributed by atoms with Crippen LogP contribution < -0.4 is 10.5 Å². The minimum Gasteiger partial charge on any atom is -0.311 e. The van der Waals surface area contributed by atoms with E-state index in [1.807, 2.05) is 29.2 Å². The van der Waals surface area contributed by atoms with E-state index in [1.165, 1.54) is 40.2 Å². The summed E-state index contributed by atoms with van der Waals surface area (Å²) in [5.74, 6) is 0.890. The number of nitro groups is 1. The first-order valence-corrected chi connectivity index (χ1v) is 12.5. The van der Waals surface area contributed by atoms with E-state index < -0.39 is 4.92 Å². The predicted molar refractivity (Wildman–Crippen MR) is 129 cm³/mol. The van der Waals surface area contributed by atoms with Gasteiger partial charge >= 0.3 is 0 Å². The van der Waals surface area contributed by atoms with Gasteiger partial charge in [0, 0.05) is 36.5 Å². The Kier molecular flexibility index (Phi) is 5.94. The number of nitrogens with zero attached hydrogens (tertiary/aromatic N) is 4. The van der Waals surface area contributed by atoms with Crippen LogP contribution in [0.15, 0.2) is 63.4 Å². The minimum absolute atomic E-state index is 0.0356. The van der Waals surface area contributed by atoms with E-state index in [9.17, 15) is 19.7 Å². The van der Waals surface area contributed by atoms with Crippen molar-refractivity contribution in [3.05, 3.63) is 80.3 Å². The minimum atomic E-state index is -0.478. The second-order valence-corrected chi connectivity index (χ2v) is 9.80. The molecule has 0 saturated carbocycles. The maximum atomic E-state index is 13.3. The molecule has 33 heavy (non-hydrogen) atoms. The van der Waals surface area contributed by atoms with Crippen LogP contribution in [0.5, 0.6) is 0 Å². The van der Waals surface area contributed by atoms with Crippen LogP contribution in [-0.4, -0.2) is 38.4 Å². The topological polar surface area (TPSA) is 98.3 Å². The van der Waals surface area contributed by atoms with Gasteiger partial charge < -0.3 is 4.90 Å². The zero-order chi connectivity index (χ0) is 22.9. The lowest BCUT2D eigenvalue weighted by molar-refractivity contribution is -0.384. The maximum absolute atomic E-state index is 13.3. The second kappa shape index (κ2) is 9.03. The molecule has 10 heteroatoms. The number of hydrogen-bond acceptors (Lipinski definition) is 7. The highest BCUT2D eigenvalue weighted by atomic mass is 32.2. The summed E-state index contributed by atoms with van der Waals surface area (Å²) in [4.78, 5) is 44.1. The Morgan fingerprint density at radius 2 is 1.94 bits per heavy atom. The van der Waals surface area contributed by atoms with Gasteiger partial charge in [0.05, 0.1) is 27.0 Å². The highest BCUT2D eigenvalue weighted by Gasteiger charge is 2.26. The highest BCUT2D eigenvalue weighted by Crippen LogP contribution is 2.31. The van der Waals surface area contributed by atoms with Crippen molar-refractivity contribution in [2.75, 3.05) is 23.0 Å². The van der Waals surface area contributed by atoms with Crippen molar-refractivity contribution >= 4 is 40.8 Å². The van der Waals surface area contributed by atoms with Crippen molar-refractivity contribution in [2.45, 2.75) is 29.3 Å². The number of aromatic nitrogens is 2. The normalized spacial score (nSPS) is 14.6. The van der Waals surface area contributed by atoms with Crippen molar-refractivity contribution in [1.82, 2.24) is 9.55 Å². The third-order valence-corrected chi connectivity index (χ3v) is 7.75. The van der Waals surface area contributed by atoms with Gasteiger partial charge in [-0.05, 0) is 36.6 Å². The molecule has 0 radical (unpaired) electrons. The Hall–Kier alpha value is -3.11. The van der Waals surface area contributed by atoms with Gasteiger partial charge in [-0.3, -0.25) is 24.3 Å². The van der Waals surface area contributed by atoms with Crippen molar-refractivity contribution in [2.24, 2.45) is 0 Å². The summed E-state index contributed by atoms with van der Waals surface area (Å²) >= 11 is 2.70. The smallest absolute Gasteiger partial charge is 0.272 e. The Labute approximate surface area is 198 Å². The highest BCUT2D eigenvalue weighted by molar-refractivity contribution is 8.00. The fraction of sp³-hybridized carbons (Fsp3) is 0.261. The molecule has 5 rings (SSSR count). The first kappa shape index (κ1) is 21.7. The number of hydrogen-bond donors (Lipinski definition) is 0. The number of fused-ring (bicyclic) bond motifs is 2. The molecule has 0 atom stereocenters. The number of thioether (sulfide) groups is 2. The zero-order valence-corrected chi connectivity index (χ0v) is 19.2. The molecule has 2 aliphatic rings. The van der Waals surface area contributed by atoms with E-state index in [1.54, 1.807) is 12.1 Å². The number of amides is 1. The molecule has 8 nitrogen and oxygen atoms in total. The van der Waals surface area contributed by atoms with Gasteiger partial charge in [0.25, 0.3) is 11.2 Å². The van der Waals surface area contributed by atoms with Crippen LogP contribution in [0.1, 0.15) is 17.7 Å². The van der Waals surface area contributed by atoms with Crippen LogP contribution in [0, 0.1) is 10.1 Å². The second-order valence-electron chi connectivity index (χ2n) is 7.75. The van der Waals surface area contributed by atoms with Crippen molar-refractivity contribution in [1.29, 1.82) is 0 Å². The third kappa shape index (κ3) is 4.16. The molecule has 0 spiro atoms. The van der Waals surface area contributed by atoms with Crippen molar-refractivity contribution < 1.29 is 9.72 Å². The summed E-state index contributed by atoms with van der Waals surface area (Å²) in [5, 5.41) is 11.5. The molecular formula is C23H20N4O4S2. The fourth-order valence-electron chi connectivity index (χ4n) is 4.14. The summed E-state index contributed by atoms with van der Waals surface area (Å²) in [7, 11) is 0. The molecule has 0 fully saturated rings. The number of rotatable bonds is 5. The van der Waals surface area contributed by atoms with Gasteiger partial charge in [-0.25, -0.2) is 4.98 Å². The predicted octanol–water partition coefficient (Wildman–Crippen LogP) is 3.86. The number of benzene rings is 2. The van der Waals surface area contributed by atoms with E-state index >= 15 is 0 Å². The monoisotopic (exact) mass is 480 g/mol. The molecule has 0 aliphatic carbocycles. The van der Waals surface area contributed by atoms with Crippen molar-refractivity contribution in [3.8, 4) is 5.69 Å². The molecule has 3 aromatic rings. The average Bonchev–Trinajstić information content (AvgIpc) is 3.31. The standard InChI is InChI=1S/C23H20N4O4S2/c28-20(25-12-3-5-15-4-1-2-6-19(15)25)14-33-23-24-18-11-13-32-21(18)22(29)26(23)16-7-9-17(10-8-16)27(30)31/h1-2,4,6-10H,3,5,11-14H2. The number of aryl methyl sites for hydroxylation is 2. The van der Waals surface area contributed by atoms with Crippen LogP contribution >= 0.6 is 23.5 Å². The van der Waals surface area contributed by atoms with Crippen molar-refractivity contribution in [3.63, 3.8) is 0 Å². The van der Waals surface area contributed by atoms with E-state index in [0.29, 0.717) is 28.7 Å². The molecule has 1 aromatic heterocycles. The van der Waals surface area contributed by atoms with Gasteiger partial charge in [0.1, 0.15) is 0 Å². The van der Waals surface area contributed by atoms with E-state index in [-0.39, 0.29) is 22.9 Å². The molecule has 168 valence electrons. The first-order valence-electron chi connectivity index (χ1n) is 10.6. The van der Waals surface area contributed by atoms with Crippen LogP contribution in [0.2, 0.25) is 0 Å². The molecule has 1 amide bonds. The number of non-ortho nitro benzene ring substituents is 1. The fourth-order valence-corrected chi connectivity index (χ4v) is 6.07. The largest absolute Gasteiger partial charge is 0.311 e. The molecule has 0 bridgehead atoms. The van der Waals surface area contributed by atoms with Crippen LogP contribution in [0.25, 0.3) is 5.69 Å². The van der Waals surface area contributed by atoms with Gasteiger partial charge in [-0.15, -0.1) is 11.8 Å². The van der Waals surface area contributed by atoms with E-state index in [4.69, 9.17) is 4.98 Å². The molecule has 0 saturated heterocycles.